The van der Waals surface area contributed by atoms with Crippen LogP contribution in [0.4, 0.5) is 0 Å². The van der Waals surface area contributed by atoms with Gasteiger partial charge in [0.15, 0.2) is 0 Å². The first-order chi connectivity index (χ1) is 11.5. The molecule has 2 heterocycles. The molecule has 0 spiro atoms. The molecule has 2 rings (SSSR count). The van der Waals surface area contributed by atoms with Gasteiger partial charge in [0.25, 0.3) is 0 Å². The third kappa shape index (κ3) is 6.36. The van der Waals surface area contributed by atoms with Gasteiger partial charge in [-0.25, -0.2) is 0 Å². The zero-order valence-electron chi connectivity index (χ0n) is 16.5. The maximum atomic E-state index is 12.0. The highest BCUT2D eigenvalue weighted by Crippen LogP contribution is 2.22. The molecule has 0 radical (unpaired) electrons. The van der Waals surface area contributed by atoms with E-state index in [9.17, 15) is 4.79 Å². The maximum Gasteiger partial charge on any atom is 0.225 e. The number of piperidine rings is 1. The minimum Gasteiger partial charge on any atom is -0.340 e. The number of nitrogens with zero attached hydrogens (tertiary/aromatic N) is 3. The molecule has 0 atom stereocenters. The van der Waals surface area contributed by atoms with Gasteiger partial charge in [0.2, 0.25) is 5.91 Å². The zero-order valence-corrected chi connectivity index (χ0v) is 16.5. The molecule has 0 bridgehead atoms. The molecule has 4 heteroatoms. The van der Waals surface area contributed by atoms with Crippen LogP contribution in [-0.2, 0) is 4.79 Å². The molecule has 2 aliphatic rings. The van der Waals surface area contributed by atoms with E-state index in [0.717, 1.165) is 38.0 Å². The molecule has 140 valence electrons. The molecule has 4 nitrogen and oxygen atoms in total. The molecule has 0 unspecified atom stereocenters. The van der Waals surface area contributed by atoms with Crippen molar-refractivity contribution >= 4 is 5.91 Å². The highest BCUT2D eigenvalue weighted by Gasteiger charge is 2.23. The Bertz CT molecular complexity index is 367. The molecule has 2 saturated heterocycles. The van der Waals surface area contributed by atoms with E-state index in [1.165, 1.54) is 51.9 Å². The monoisotopic (exact) mass is 337 g/mol. The van der Waals surface area contributed by atoms with Crippen LogP contribution in [0.3, 0.4) is 0 Å². The number of piperazine rings is 1. The Labute approximate surface area is 149 Å². The van der Waals surface area contributed by atoms with Crippen molar-refractivity contribution in [3.8, 4) is 0 Å². The Kier molecular flexibility index (Phi) is 8.02. The van der Waals surface area contributed by atoms with Gasteiger partial charge in [-0.15, -0.1) is 0 Å². The Morgan fingerprint density at radius 1 is 0.917 bits per heavy atom. The number of carbonyl (C=O) groups excluding carboxylic acids is 1. The topological polar surface area (TPSA) is 26.8 Å². The van der Waals surface area contributed by atoms with Crippen LogP contribution >= 0.6 is 0 Å². The first-order valence-corrected chi connectivity index (χ1v) is 10.2. The average Bonchev–Trinajstić information content (AvgIpc) is 2.56. The van der Waals surface area contributed by atoms with E-state index in [1.807, 2.05) is 18.7 Å². The van der Waals surface area contributed by atoms with Crippen LogP contribution in [0.1, 0.15) is 53.4 Å². The van der Waals surface area contributed by atoms with Crippen LogP contribution in [0.15, 0.2) is 0 Å². The van der Waals surface area contributed by atoms with Gasteiger partial charge in [0.05, 0.1) is 0 Å². The van der Waals surface area contributed by atoms with E-state index >= 15 is 0 Å². The fourth-order valence-corrected chi connectivity index (χ4v) is 4.13. The summed E-state index contributed by atoms with van der Waals surface area (Å²) in [6.07, 6.45) is 5.50. The Balaban J connectivity index is 1.55. The fourth-order valence-electron chi connectivity index (χ4n) is 4.13. The molecule has 1 amide bonds. The largest absolute Gasteiger partial charge is 0.340 e. The van der Waals surface area contributed by atoms with Gasteiger partial charge in [-0.1, -0.05) is 27.7 Å². The maximum absolute atomic E-state index is 12.0. The summed E-state index contributed by atoms with van der Waals surface area (Å²) in [6.45, 7) is 17.7. The molecular formula is C20H39N3O. The molecule has 0 aromatic rings. The van der Waals surface area contributed by atoms with Gasteiger partial charge < -0.3 is 9.80 Å². The SMILES string of the molecule is CC(C)CN1CCC(CCCN2CCN(C(=O)C(C)C)CC2)CC1. The predicted octanol–water partition coefficient (Wildman–Crippen LogP) is 2.93. The first-order valence-electron chi connectivity index (χ1n) is 10.2. The smallest absolute Gasteiger partial charge is 0.225 e. The highest BCUT2D eigenvalue weighted by molar-refractivity contribution is 5.78. The summed E-state index contributed by atoms with van der Waals surface area (Å²) in [7, 11) is 0. The summed E-state index contributed by atoms with van der Waals surface area (Å²) in [6, 6.07) is 0. The Hall–Kier alpha value is -0.610. The molecule has 0 aromatic carbocycles. The lowest BCUT2D eigenvalue weighted by molar-refractivity contribution is -0.136. The van der Waals surface area contributed by atoms with E-state index in [-0.39, 0.29) is 5.92 Å². The van der Waals surface area contributed by atoms with E-state index in [0.29, 0.717) is 5.91 Å². The van der Waals surface area contributed by atoms with Crippen LogP contribution in [0.2, 0.25) is 0 Å². The molecule has 2 fully saturated rings. The lowest BCUT2D eigenvalue weighted by atomic mass is 9.91. The van der Waals surface area contributed by atoms with Crippen molar-refractivity contribution in [3.05, 3.63) is 0 Å². The number of carbonyl (C=O) groups is 1. The minimum atomic E-state index is 0.137. The van der Waals surface area contributed by atoms with Gasteiger partial charge in [0, 0.05) is 38.6 Å². The summed E-state index contributed by atoms with van der Waals surface area (Å²) in [5, 5.41) is 0. The van der Waals surface area contributed by atoms with Crippen molar-refractivity contribution < 1.29 is 4.79 Å². The normalized spacial score (nSPS) is 21.8. The van der Waals surface area contributed by atoms with Crippen LogP contribution in [0, 0.1) is 17.8 Å². The molecule has 0 aromatic heterocycles. The van der Waals surface area contributed by atoms with Crippen molar-refractivity contribution in [2.24, 2.45) is 17.8 Å². The van der Waals surface area contributed by atoms with E-state index in [4.69, 9.17) is 0 Å². The van der Waals surface area contributed by atoms with Crippen molar-refractivity contribution in [2.45, 2.75) is 53.4 Å². The fraction of sp³-hybridized carbons (Fsp3) is 0.950. The van der Waals surface area contributed by atoms with Gasteiger partial charge >= 0.3 is 0 Å². The van der Waals surface area contributed by atoms with E-state index in [2.05, 4.69) is 23.6 Å². The minimum absolute atomic E-state index is 0.137. The molecule has 2 aliphatic heterocycles. The standard InChI is InChI=1S/C20H39N3O/c1-17(2)16-22-10-7-19(8-11-22)6-5-9-21-12-14-23(15-13-21)20(24)18(3)4/h17-19H,5-16H2,1-4H3. The summed E-state index contributed by atoms with van der Waals surface area (Å²) in [5.74, 6) is 2.20. The van der Waals surface area contributed by atoms with Gasteiger partial charge in [-0.3, -0.25) is 9.69 Å². The van der Waals surface area contributed by atoms with Gasteiger partial charge in [0.1, 0.15) is 0 Å². The highest BCUT2D eigenvalue weighted by atomic mass is 16.2. The Morgan fingerprint density at radius 3 is 2.08 bits per heavy atom. The zero-order chi connectivity index (χ0) is 17.5. The second-order valence-corrected chi connectivity index (χ2v) is 8.60. The average molecular weight is 338 g/mol. The van der Waals surface area contributed by atoms with Gasteiger partial charge in [-0.05, 0) is 57.2 Å². The van der Waals surface area contributed by atoms with Crippen molar-refractivity contribution in [1.82, 2.24) is 14.7 Å². The second-order valence-electron chi connectivity index (χ2n) is 8.60. The number of hydrogen-bond donors (Lipinski definition) is 0. The van der Waals surface area contributed by atoms with E-state index < -0.39 is 0 Å². The number of amides is 1. The molecule has 0 saturated carbocycles. The number of hydrogen-bond acceptors (Lipinski definition) is 3. The quantitative estimate of drug-likeness (QED) is 0.715. The lowest BCUT2D eigenvalue weighted by Gasteiger charge is -2.36. The summed E-state index contributed by atoms with van der Waals surface area (Å²) < 4.78 is 0. The third-order valence-electron chi connectivity index (χ3n) is 5.60. The van der Waals surface area contributed by atoms with Crippen molar-refractivity contribution in [2.75, 3.05) is 52.4 Å². The summed E-state index contributed by atoms with van der Waals surface area (Å²) in [4.78, 5) is 19.3. The number of rotatable bonds is 7. The summed E-state index contributed by atoms with van der Waals surface area (Å²) in [5.41, 5.74) is 0. The van der Waals surface area contributed by atoms with Crippen LogP contribution < -0.4 is 0 Å². The second kappa shape index (κ2) is 9.76. The number of likely N-dealkylation sites (tertiary alicyclic amines) is 1. The van der Waals surface area contributed by atoms with Crippen molar-refractivity contribution in [3.63, 3.8) is 0 Å². The van der Waals surface area contributed by atoms with Crippen LogP contribution in [0.25, 0.3) is 0 Å². The molecule has 0 N–H and O–H groups in total. The summed E-state index contributed by atoms with van der Waals surface area (Å²) >= 11 is 0. The lowest BCUT2D eigenvalue weighted by Crippen LogP contribution is -2.50. The molecule has 0 aliphatic carbocycles. The van der Waals surface area contributed by atoms with Crippen LogP contribution in [-0.4, -0.2) is 73.0 Å². The van der Waals surface area contributed by atoms with Gasteiger partial charge in [-0.2, -0.15) is 0 Å². The van der Waals surface area contributed by atoms with Crippen molar-refractivity contribution in [1.29, 1.82) is 0 Å². The predicted molar refractivity (Wildman–Crippen MR) is 101 cm³/mol. The Morgan fingerprint density at radius 2 is 1.54 bits per heavy atom. The first kappa shape index (κ1) is 19.7. The van der Waals surface area contributed by atoms with Crippen LogP contribution in [0.5, 0.6) is 0 Å². The third-order valence-corrected chi connectivity index (χ3v) is 5.60. The molecular weight excluding hydrogens is 298 g/mol. The van der Waals surface area contributed by atoms with E-state index in [1.54, 1.807) is 0 Å². The molecule has 24 heavy (non-hydrogen) atoms.